The van der Waals surface area contributed by atoms with Crippen LogP contribution in [0.1, 0.15) is 39.7 Å². The van der Waals surface area contributed by atoms with Crippen molar-refractivity contribution in [3.05, 3.63) is 64.0 Å². The molecule has 0 radical (unpaired) electrons. The third-order valence-corrected chi connectivity index (χ3v) is 6.62. The molecule has 2 aromatic carbocycles. The minimum absolute atomic E-state index is 0.0897. The van der Waals surface area contributed by atoms with Gasteiger partial charge in [-0.2, -0.15) is 0 Å². The van der Waals surface area contributed by atoms with Crippen molar-refractivity contribution in [1.29, 1.82) is 0 Å². The van der Waals surface area contributed by atoms with Crippen molar-refractivity contribution in [3.8, 4) is 0 Å². The molecule has 1 atom stereocenters. The number of thiophene rings is 1. The molecule has 1 aromatic heterocycles. The second kappa shape index (κ2) is 7.76. The Morgan fingerprint density at radius 1 is 1.14 bits per heavy atom. The molecule has 0 unspecified atom stereocenters. The second-order valence-electron chi connectivity index (χ2n) is 7.50. The van der Waals surface area contributed by atoms with Crippen LogP contribution >= 0.6 is 11.3 Å². The van der Waals surface area contributed by atoms with Crippen LogP contribution in [0.3, 0.4) is 0 Å². The third kappa shape index (κ3) is 3.54. The van der Waals surface area contributed by atoms with Crippen molar-refractivity contribution in [2.45, 2.75) is 32.6 Å². The van der Waals surface area contributed by atoms with Crippen molar-refractivity contribution in [1.82, 2.24) is 5.32 Å². The Morgan fingerprint density at radius 2 is 1.93 bits per heavy atom. The molecule has 2 N–H and O–H groups in total. The largest absolute Gasteiger partial charge is 0.355 e. The first kappa shape index (κ1) is 18.7. The van der Waals surface area contributed by atoms with Crippen LogP contribution in [0, 0.1) is 5.92 Å². The Kier molecular flexibility index (Phi) is 5.18. The van der Waals surface area contributed by atoms with E-state index in [-0.39, 0.29) is 18.2 Å². The summed E-state index contributed by atoms with van der Waals surface area (Å²) in [7, 11) is 1.64. The molecule has 5 heteroatoms. The molecule has 4 rings (SSSR count). The van der Waals surface area contributed by atoms with Crippen molar-refractivity contribution in [2.75, 3.05) is 12.4 Å². The number of rotatable bonds is 4. The van der Waals surface area contributed by atoms with Gasteiger partial charge in [0.2, 0.25) is 5.91 Å². The van der Waals surface area contributed by atoms with Gasteiger partial charge in [0, 0.05) is 11.9 Å². The standard InChI is InChI=1S/C23H24N2O2S/c1-14-10-11-18-19(12-14)28-23(21(18)22(27)24-2)25-20(26)13-16-8-5-7-15-6-3-4-9-17(15)16/h3-9,14H,10-13H2,1-2H3,(H,24,27)(H,25,26)/t14-/m0/s1. The Labute approximate surface area is 169 Å². The van der Waals surface area contributed by atoms with Crippen LogP contribution in [0.5, 0.6) is 0 Å². The van der Waals surface area contributed by atoms with E-state index in [0.29, 0.717) is 16.5 Å². The molecule has 1 heterocycles. The highest BCUT2D eigenvalue weighted by Crippen LogP contribution is 2.39. The average Bonchev–Trinajstić information content (AvgIpc) is 3.04. The summed E-state index contributed by atoms with van der Waals surface area (Å²) in [6, 6.07) is 14.1. The van der Waals surface area contributed by atoms with E-state index in [1.165, 1.54) is 4.88 Å². The van der Waals surface area contributed by atoms with Gasteiger partial charge >= 0.3 is 0 Å². The van der Waals surface area contributed by atoms with Gasteiger partial charge in [0.25, 0.3) is 5.91 Å². The molecule has 1 aliphatic carbocycles. The van der Waals surface area contributed by atoms with Crippen LogP contribution < -0.4 is 10.6 Å². The van der Waals surface area contributed by atoms with Gasteiger partial charge in [0.15, 0.2) is 0 Å². The summed E-state index contributed by atoms with van der Waals surface area (Å²) in [6.07, 6.45) is 3.24. The number of carbonyl (C=O) groups is 2. The SMILES string of the molecule is CNC(=O)c1c(NC(=O)Cc2cccc3ccccc23)sc2c1CC[C@H](C)C2. The summed E-state index contributed by atoms with van der Waals surface area (Å²) >= 11 is 1.56. The van der Waals surface area contributed by atoms with Gasteiger partial charge in [0.05, 0.1) is 12.0 Å². The first-order chi connectivity index (χ1) is 13.6. The summed E-state index contributed by atoms with van der Waals surface area (Å²) in [5.74, 6) is 0.406. The van der Waals surface area contributed by atoms with E-state index >= 15 is 0 Å². The quantitative estimate of drug-likeness (QED) is 0.683. The first-order valence-electron chi connectivity index (χ1n) is 9.70. The Hall–Kier alpha value is -2.66. The van der Waals surface area contributed by atoms with Gasteiger partial charge in [-0.1, -0.05) is 49.4 Å². The lowest BCUT2D eigenvalue weighted by molar-refractivity contribution is -0.115. The molecular weight excluding hydrogens is 368 g/mol. The zero-order chi connectivity index (χ0) is 19.7. The van der Waals surface area contributed by atoms with E-state index in [1.807, 2.05) is 30.3 Å². The third-order valence-electron chi connectivity index (χ3n) is 5.45. The molecule has 3 aromatic rings. The number of carbonyl (C=O) groups excluding carboxylic acids is 2. The van der Waals surface area contributed by atoms with Gasteiger partial charge in [-0.25, -0.2) is 0 Å². The molecule has 144 valence electrons. The summed E-state index contributed by atoms with van der Waals surface area (Å²) < 4.78 is 0. The van der Waals surface area contributed by atoms with Crippen molar-refractivity contribution >= 4 is 38.9 Å². The van der Waals surface area contributed by atoms with Crippen molar-refractivity contribution < 1.29 is 9.59 Å². The maximum absolute atomic E-state index is 12.8. The molecular formula is C23H24N2O2S. The van der Waals surface area contributed by atoms with E-state index in [0.717, 1.165) is 41.2 Å². The Balaban J connectivity index is 1.61. The lowest BCUT2D eigenvalue weighted by atomic mass is 9.88. The Bertz CT molecular complexity index is 1050. The molecule has 0 saturated carbocycles. The maximum Gasteiger partial charge on any atom is 0.254 e. The van der Waals surface area contributed by atoms with Gasteiger partial charge in [-0.15, -0.1) is 11.3 Å². The fourth-order valence-corrected chi connectivity index (χ4v) is 5.42. The molecule has 0 fully saturated rings. The van der Waals surface area contributed by atoms with Gasteiger partial charge < -0.3 is 10.6 Å². The highest BCUT2D eigenvalue weighted by atomic mass is 32.1. The maximum atomic E-state index is 12.8. The molecule has 4 nitrogen and oxygen atoms in total. The van der Waals surface area contributed by atoms with Crippen LogP contribution in [0.25, 0.3) is 10.8 Å². The molecule has 0 aliphatic heterocycles. The molecule has 0 bridgehead atoms. The van der Waals surface area contributed by atoms with Gasteiger partial charge in [0.1, 0.15) is 5.00 Å². The van der Waals surface area contributed by atoms with E-state index in [1.54, 1.807) is 18.4 Å². The molecule has 0 spiro atoms. The van der Waals surface area contributed by atoms with Crippen molar-refractivity contribution in [2.24, 2.45) is 5.92 Å². The monoisotopic (exact) mass is 392 g/mol. The number of amides is 2. The van der Waals surface area contributed by atoms with Crippen LogP contribution in [0.4, 0.5) is 5.00 Å². The molecule has 28 heavy (non-hydrogen) atoms. The summed E-state index contributed by atoms with van der Waals surface area (Å²) in [5.41, 5.74) is 2.76. The number of hydrogen-bond acceptors (Lipinski definition) is 3. The normalized spacial score (nSPS) is 15.9. The predicted octanol–water partition coefficient (Wildman–Crippen LogP) is 4.57. The van der Waals surface area contributed by atoms with Crippen LogP contribution in [0.15, 0.2) is 42.5 Å². The van der Waals surface area contributed by atoms with Crippen LogP contribution in [0.2, 0.25) is 0 Å². The summed E-state index contributed by atoms with van der Waals surface area (Å²) in [4.78, 5) is 26.6. The lowest BCUT2D eigenvalue weighted by Crippen LogP contribution is -2.23. The summed E-state index contributed by atoms with van der Waals surface area (Å²) in [6.45, 7) is 2.24. The highest BCUT2D eigenvalue weighted by molar-refractivity contribution is 7.17. The number of benzene rings is 2. The number of nitrogens with one attached hydrogen (secondary N) is 2. The van der Waals surface area contributed by atoms with Crippen LogP contribution in [-0.2, 0) is 24.1 Å². The van der Waals surface area contributed by atoms with Gasteiger partial charge in [-0.05, 0) is 47.1 Å². The molecule has 2 amide bonds. The predicted molar refractivity (Wildman–Crippen MR) is 115 cm³/mol. The van der Waals surface area contributed by atoms with E-state index in [2.05, 4.69) is 29.7 Å². The van der Waals surface area contributed by atoms with E-state index in [4.69, 9.17) is 0 Å². The summed E-state index contributed by atoms with van der Waals surface area (Å²) in [5, 5.41) is 8.66. The van der Waals surface area contributed by atoms with Gasteiger partial charge in [-0.3, -0.25) is 9.59 Å². The minimum Gasteiger partial charge on any atom is -0.355 e. The number of fused-ring (bicyclic) bond motifs is 2. The molecule has 1 aliphatic rings. The Morgan fingerprint density at radius 3 is 2.75 bits per heavy atom. The topological polar surface area (TPSA) is 58.2 Å². The second-order valence-corrected chi connectivity index (χ2v) is 8.60. The fourth-order valence-electron chi connectivity index (χ4n) is 3.99. The first-order valence-corrected chi connectivity index (χ1v) is 10.5. The fraction of sp³-hybridized carbons (Fsp3) is 0.304. The minimum atomic E-state index is -0.118. The van der Waals surface area contributed by atoms with Crippen molar-refractivity contribution in [3.63, 3.8) is 0 Å². The zero-order valence-corrected chi connectivity index (χ0v) is 17.0. The zero-order valence-electron chi connectivity index (χ0n) is 16.2. The molecule has 0 saturated heterocycles. The number of anilines is 1. The lowest BCUT2D eigenvalue weighted by Gasteiger charge is -2.18. The number of hydrogen-bond donors (Lipinski definition) is 2. The highest BCUT2D eigenvalue weighted by Gasteiger charge is 2.27. The van der Waals surface area contributed by atoms with E-state index < -0.39 is 0 Å². The van der Waals surface area contributed by atoms with E-state index in [9.17, 15) is 9.59 Å². The smallest absolute Gasteiger partial charge is 0.254 e. The van der Waals surface area contributed by atoms with Crippen LogP contribution in [-0.4, -0.2) is 18.9 Å². The average molecular weight is 393 g/mol.